The molecule has 152 valence electrons. The maximum absolute atomic E-state index is 5.81. The van der Waals surface area contributed by atoms with Crippen molar-refractivity contribution in [3.63, 3.8) is 0 Å². The van der Waals surface area contributed by atoms with Crippen molar-refractivity contribution in [3.05, 3.63) is 36.2 Å². The van der Waals surface area contributed by atoms with E-state index in [1.807, 2.05) is 4.68 Å². The number of anilines is 1. The van der Waals surface area contributed by atoms with Crippen LogP contribution in [0.2, 0.25) is 0 Å². The highest BCUT2D eigenvalue weighted by molar-refractivity contribution is 5.46. The number of tetrazole rings is 1. The second kappa shape index (κ2) is 9.47. The van der Waals surface area contributed by atoms with E-state index in [1.165, 1.54) is 18.5 Å². The van der Waals surface area contributed by atoms with Crippen LogP contribution in [-0.2, 0) is 11.3 Å². The number of rotatable bonds is 8. The average Bonchev–Trinajstić information content (AvgIpc) is 3.42. The van der Waals surface area contributed by atoms with Gasteiger partial charge in [-0.3, -0.25) is 4.90 Å². The van der Waals surface area contributed by atoms with Crippen LogP contribution in [0.5, 0.6) is 0 Å². The fourth-order valence-corrected chi connectivity index (χ4v) is 4.36. The SMILES string of the molecule is CCCC[C@H](c1nnnn1C[C@@H]1CCCO1)N1CCN(c2ccccc2)CC1. The highest BCUT2D eigenvalue weighted by atomic mass is 16.5. The van der Waals surface area contributed by atoms with Gasteiger partial charge in [-0.1, -0.05) is 38.0 Å². The number of hydrogen-bond acceptors (Lipinski definition) is 6. The lowest BCUT2D eigenvalue weighted by molar-refractivity contribution is 0.0890. The molecule has 2 aliphatic rings. The zero-order valence-electron chi connectivity index (χ0n) is 16.9. The summed E-state index contributed by atoms with van der Waals surface area (Å²) in [6.45, 7) is 8.05. The monoisotopic (exact) mass is 384 g/mol. The molecule has 0 saturated carbocycles. The highest BCUT2D eigenvalue weighted by Gasteiger charge is 2.30. The second-order valence-corrected chi connectivity index (χ2v) is 7.87. The minimum atomic E-state index is 0.254. The van der Waals surface area contributed by atoms with Gasteiger partial charge in [0.25, 0.3) is 0 Å². The first-order valence-corrected chi connectivity index (χ1v) is 10.8. The van der Waals surface area contributed by atoms with E-state index >= 15 is 0 Å². The first-order chi connectivity index (χ1) is 13.8. The summed E-state index contributed by atoms with van der Waals surface area (Å²) in [6, 6.07) is 11.0. The fourth-order valence-electron chi connectivity index (χ4n) is 4.36. The molecule has 4 rings (SSSR count). The van der Waals surface area contributed by atoms with Crippen molar-refractivity contribution in [3.8, 4) is 0 Å². The Morgan fingerprint density at radius 3 is 2.68 bits per heavy atom. The summed E-state index contributed by atoms with van der Waals surface area (Å²) >= 11 is 0. The molecular weight excluding hydrogens is 352 g/mol. The van der Waals surface area contributed by atoms with Crippen molar-refractivity contribution in [2.75, 3.05) is 37.7 Å². The number of aromatic nitrogens is 4. The van der Waals surface area contributed by atoms with Crippen molar-refractivity contribution >= 4 is 5.69 Å². The Morgan fingerprint density at radius 1 is 1.14 bits per heavy atom. The molecule has 28 heavy (non-hydrogen) atoms. The predicted octanol–water partition coefficient (Wildman–Crippen LogP) is 2.91. The van der Waals surface area contributed by atoms with Crippen molar-refractivity contribution in [2.45, 2.75) is 57.7 Å². The Hall–Kier alpha value is -1.99. The van der Waals surface area contributed by atoms with E-state index in [4.69, 9.17) is 4.74 Å². The molecular formula is C21H32N6O. The molecule has 1 aromatic heterocycles. The summed E-state index contributed by atoms with van der Waals surface area (Å²) < 4.78 is 7.81. The summed E-state index contributed by atoms with van der Waals surface area (Å²) in [5.41, 5.74) is 1.32. The van der Waals surface area contributed by atoms with E-state index in [1.54, 1.807) is 0 Å². The van der Waals surface area contributed by atoms with Crippen LogP contribution in [0.1, 0.15) is 50.9 Å². The van der Waals surface area contributed by atoms with Gasteiger partial charge in [0.1, 0.15) is 0 Å². The van der Waals surface area contributed by atoms with Crippen LogP contribution in [0.4, 0.5) is 5.69 Å². The van der Waals surface area contributed by atoms with Gasteiger partial charge < -0.3 is 9.64 Å². The van der Waals surface area contributed by atoms with Gasteiger partial charge >= 0.3 is 0 Å². The van der Waals surface area contributed by atoms with Crippen molar-refractivity contribution in [2.24, 2.45) is 0 Å². The predicted molar refractivity (Wildman–Crippen MR) is 109 cm³/mol. The summed E-state index contributed by atoms with van der Waals surface area (Å²) in [5.74, 6) is 1.01. The summed E-state index contributed by atoms with van der Waals surface area (Å²) in [5, 5.41) is 12.8. The minimum absolute atomic E-state index is 0.254. The van der Waals surface area contributed by atoms with Crippen LogP contribution < -0.4 is 4.90 Å². The van der Waals surface area contributed by atoms with Gasteiger partial charge in [0.05, 0.1) is 18.7 Å². The molecule has 2 atom stereocenters. The number of hydrogen-bond donors (Lipinski definition) is 0. The molecule has 3 heterocycles. The van der Waals surface area contributed by atoms with Gasteiger partial charge in [0, 0.05) is 38.5 Å². The standard InChI is InChI=1S/C21H32N6O/c1-2-3-11-20(21-22-23-24-27(21)17-19-10-7-16-28-19)26-14-12-25(13-15-26)18-8-5-4-6-9-18/h4-6,8-9,19-20H,2-3,7,10-17H2,1H3/t19-,20+/m0/s1. The van der Waals surface area contributed by atoms with Crippen LogP contribution in [0.25, 0.3) is 0 Å². The Morgan fingerprint density at radius 2 is 1.96 bits per heavy atom. The Labute approximate surface area is 167 Å². The number of nitrogens with zero attached hydrogens (tertiary/aromatic N) is 6. The Balaban J connectivity index is 1.44. The summed E-state index contributed by atoms with van der Waals surface area (Å²) in [6.07, 6.45) is 5.99. The quantitative estimate of drug-likeness (QED) is 0.697. The van der Waals surface area contributed by atoms with Gasteiger partial charge in [-0.25, -0.2) is 4.68 Å². The van der Waals surface area contributed by atoms with Crippen LogP contribution in [0, 0.1) is 0 Å². The Bertz CT molecular complexity index is 707. The van der Waals surface area contributed by atoms with Crippen LogP contribution >= 0.6 is 0 Å². The maximum Gasteiger partial charge on any atom is 0.168 e. The normalized spacial score (nSPS) is 21.9. The van der Waals surface area contributed by atoms with Gasteiger partial charge in [0.15, 0.2) is 5.82 Å². The largest absolute Gasteiger partial charge is 0.376 e. The zero-order valence-corrected chi connectivity index (χ0v) is 16.9. The molecule has 0 amide bonds. The van der Waals surface area contributed by atoms with E-state index in [0.717, 1.165) is 64.4 Å². The molecule has 1 aromatic carbocycles. The highest BCUT2D eigenvalue weighted by Crippen LogP contribution is 2.28. The number of unbranched alkanes of at least 4 members (excludes halogenated alkanes) is 1. The van der Waals surface area contributed by atoms with Crippen molar-refractivity contribution < 1.29 is 4.74 Å². The molecule has 2 fully saturated rings. The van der Waals surface area contributed by atoms with Gasteiger partial charge in [-0.15, -0.1) is 5.10 Å². The van der Waals surface area contributed by atoms with E-state index in [9.17, 15) is 0 Å². The molecule has 2 saturated heterocycles. The van der Waals surface area contributed by atoms with Gasteiger partial charge in [0.2, 0.25) is 0 Å². The topological polar surface area (TPSA) is 59.3 Å². The zero-order chi connectivity index (χ0) is 19.2. The molecule has 2 aromatic rings. The molecule has 2 aliphatic heterocycles. The molecule has 0 spiro atoms. The summed E-state index contributed by atoms with van der Waals surface area (Å²) in [7, 11) is 0. The second-order valence-electron chi connectivity index (χ2n) is 7.87. The van der Waals surface area contributed by atoms with E-state index in [-0.39, 0.29) is 12.1 Å². The van der Waals surface area contributed by atoms with Crippen molar-refractivity contribution in [1.82, 2.24) is 25.1 Å². The third-order valence-electron chi connectivity index (χ3n) is 5.97. The van der Waals surface area contributed by atoms with E-state index < -0.39 is 0 Å². The average molecular weight is 385 g/mol. The Kier molecular flexibility index (Phi) is 6.54. The van der Waals surface area contributed by atoms with E-state index in [2.05, 4.69) is 62.6 Å². The van der Waals surface area contributed by atoms with Crippen LogP contribution in [-0.4, -0.2) is 64.0 Å². The minimum Gasteiger partial charge on any atom is -0.376 e. The summed E-state index contributed by atoms with van der Waals surface area (Å²) in [4.78, 5) is 5.05. The molecule has 0 bridgehead atoms. The lowest BCUT2D eigenvalue weighted by Gasteiger charge is -2.39. The van der Waals surface area contributed by atoms with E-state index in [0.29, 0.717) is 0 Å². The molecule has 0 unspecified atom stereocenters. The lowest BCUT2D eigenvalue weighted by Crippen LogP contribution is -2.48. The molecule has 0 N–H and O–H groups in total. The van der Waals surface area contributed by atoms with Gasteiger partial charge in [-0.2, -0.15) is 0 Å². The first-order valence-electron chi connectivity index (χ1n) is 10.8. The molecule has 0 aliphatic carbocycles. The smallest absolute Gasteiger partial charge is 0.168 e. The first kappa shape index (κ1) is 19.3. The van der Waals surface area contributed by atoms with Crippen molar-refractivity contribution in [1.29, 1.82) is 0 Å². The van der Waals surface area contributed by atoms with Gasteiger partial charge in [-0.05, 0) is 41.8 Å². The van der Waals surface area contributed by atoms with Crippen LogP contribution in [0.15, 0.2) is 30.3 Å². The maximum atomic E-state index is 5.81. The third-order valence-corrected chi connectivity index (χ3v) is 5.97. The molecule has 0 radical (unpaired) electrons. The molecule has 7 nitrogen and oxygen atoms in total. The third kappa shape index (κ3) is 4.52. The number of piperazine rings is 1. The lowest BCUT2D eigenvalue weighted by atomic mass is 10.1. The fraction of sp³-hybridized carbons (Fsp3) is 0.667. The number of benzene rings is 1. The van der Waals surface area contributed by atoms with Crippen LogP contribution in [0.3, 0.4) is 0 Å². The molecule has 7 heteroatoms. The number of para-hydroxylation sites is 1. The number of ether oxygens (including phenoxy) is 1.